The molecule has 2 aliphatic carbocycles. The van der Waals surface area contributed by atoms with E-state index in [9.17, 15) is 9.90 Å². The van der Waals surface area contributed by atoms with Crippen molar-refractivity contribution in [1.82, 2.24) is 0 Å². The Labute approximate surface area is 149 Å². The number of carbonyl (C=O) groups is 1. The number of phenols is 1. The van der Waals surface area contributed by atoms with Crippen LogP contribution in [0.5, 0.6) is 11.5 Å². The van der Waals surface area contributed by atoms with Crippen molar-refractivity contribution in [1.29, 1.82) is 0 Å². The molecular formula is C21H28O4. The van der Waals surface area contributed by atoms with Gasteiger partial charge in [-0.1, -0.05) is 34.1 Å². The minimum Gasteiger partial charge on any atom is -0.504 e. The molecule has 0 radical (unpaired) electrons. The Bertz CT molecular complexity index is 749. The summed E-state index contributed by atoms with van der Waals surface area (Å²) in [5.74, 6) is 0.952. The summed E-state index contributed by atoms with van der Waals surface area (Å²) in [5.41, 5.74) is 2.10. The van der Waals surface area contributed by atoms with Crippen LogP contribution in [-0.2, 0) is 14.9 Å². The first-order chi connectivity index (χ1) is 11.7. The lowest BCUT2D eigenvalue weighted by Crippen LogP contribution is -2.59. The molecule has 2 bridgehead atoms. The molecule has 5 rings (SSSR count). The number of rotatable bonds is 2. The van der Waals surface area contributed by atoms with E-state index < -0.39 is 5.41 Å². The molecule has 25 heavy (non-hydrogen) atoms. The van der Waals surface area contributed by atoms with Gasteiger partial charge in [0.2, 0.25) is 0 Å². The van der Waals surface area contributed by atoms with Crippen LogP contribution >= 0.6 is 0 Å². The third kappa shape index (κ3) is 1.97. The van der Waals surface area contributed by atoms with Crippen LogP contribution in [0.25, 0.3) is 0 Å². The highest BCUT2D eigenvalue weighted by Gasteiger charge is 2.65. The number of esters is 1. The molecular weight excluding hydrogens is 316 g/mol. The van der Waals surface area contributed by atoms with Gasteiger partial charge in [-0.3, -0.25) is 4.79 Å². The van der Waals surface area contributed by atoms with E-state index in [2.05, 4.69) is 33.8 Å². The van der Waals surface area contributed by atoms with Gasteiger partial charge in [-0.25, -0.2) is 0 Å². The van der Waals surface area contributed by atoms with Crippen LogP contribution in [-0.4, -0.2) is 18.2 Å². The minimum absolute atomic E-state index is 0.0595. The predicted molar refractivity (Wildman–Crippen MR) is 95.0 cm³/mol. The zero-order valence-electron chi connectivity index (χ0n) is 15.8. The van der Waals surface area contributed by atoms with Crippen LogP contribution in [0.2, 0.25) is 0 Å². The number of methoxy groups -OCH3 is 1. The Morgan fingerprint density at radius 1 is 1.32 bits per heavy atom. The Morgan fingerprint density at radius 3 is 2.68 bits per heavy atom. The quantitative estimate of drug-likeness (QED) is 0.797. The fraction of sp³-hybridized carbons (Fsp3) is 0.667. The van der Waals surface area contributed by atoms with E-state index in [1.807, 2.05) is 0 Å². The van der Waals surface area contributed by atoms with Gasteiger partial charge in [0.15, 0.2) is 11.5 Å². The first-order valence-electron chi connectivity index (χ1n) is 9.39. The van der Waals surface area contributed by atoms with E-state index in [1.165, 1.54) is 0 Å². The molecule has 0 aromatic heterocycles. The Kier molecular flexibility index (Phi) is 3.45. The number of ether oxygens (including phenoxy) is 2. The number of benzene rings is 1. The van der Waals surface area contributed by atoms with E-state index in [4.69, 9.17) is 9.47 Å². The molecule has 0 amide bonds. The predicted octanol–water partition coefficient (Wildman–Crippen LogP) is 4.59. The zero-order valence-corrected chi connectivity index (χ0v) is 15.8. The van der Waals surface area contributed by atoms with Crippen LogP contribution in [0.3, 0.4) is 0 Å². The molecule has 1 saturated heterocycles. The van der Waals surface area contributed by atoms with Gasteiger partial charge in [0.25, 0.3) is 0 Å². The van der Waals surface area contributed by atoms with Crippen molar-refractivity contribution in [3.8, 4) is 11.5 Å². The van der Waals surface area contributed by atoms with Gasteiger partial charge in [-0.2, -0.15) is 0 Å². The normalized spacial score (nSPS) is 32.2. The lowest BCUT2D eigenvalue weighted by atomic mass is 9.47. The molecule has 1 aromatic rings. The minimum atomic E-state index is -0.724. The Balaban J connectivity index is 2.03. The summed E-state index contributed by atoms with van der Waals surface area (Å²) < 4.78 is 11.4. The van der Waals surface area contributed by atoms with Crippen molar-refractivity contribution < 1.29 is 19.4 Å². The average Bonchev–Trinajstić information content (AvgIpc) is 2.54. The SMILES string of the molecule is COc1c(C(C)C)cc2c(c1O)C13CCCC(C)(C)C1CC2OC3=O. The highest BCUT2D eigenvalue weighted by atomic mass is 16.5. The van der Waals surface area contributed by atoms with Crippen LogP contribution in [0.4, 0.5) is 0 Å². The summed E-state index contributed by atoms with van der Waals surface area (Å²) in [4.78, 5) is 13.1. The smallest absolute Gasteiger partial charge is 0.317 e. The van der Waals surface area contributed by atoms with Crippen LogP contribution < -0.4 is 4.74 Å². The molecule has 4 heteroatoms. The second-order valence-corrected chi connectivity index (χ2v) is 8.96. The molecule has 2 aliphatic heterocycles. The summed E-state index contributed by atoms with van der Waals surface area (Å²) in [5, 5.41) is 11.2. The van der Waals surface area contributed by atoms with Crippen molar-refractivity contribution in [2.75, 3.05) is 7.11 Å². The highest BCUT2D eigenvalue weighted by Crippen LogP contribution is 2.66. The van der Waals surface area contributed by atoms with Gasteiger partial charge in [0, 0.05) is 16.7 Å². The van der Waals surface area contributed by atoms with Gasteiger partial charge in [-0.05, 0) is 42.6 Å². The summed E-state index contributed by atoms with van der Waals surface area (Å²) in [6.07, 6.45) is 3.43. The Hall–Kier alpha value is -1.71. The van der Waals surface area contributed by atoms with Crippen molar-refractivity contribution in [3.05, 3.63) is 22.8 Å². The highest BCUT2D eigenvalue weighted by molar-refractivity contribution is 5.89. The molecule has 4 nitrogen and oxygen atoms in total. The molecule has 1 aromatic carbocycles. The fourth-order valence-electron chi connectivity index (χ4n) is 5.75. The van der Waals surface area contributed by atoms with Gasteiger partial charge < -0.3 is 14.6 Å². The van der Waals surface area contributed by atoms with Gasteiger partial charge in [0.1, 0.15) is 11.5 Å². The summed E-state index contributed by atoms with van der Waals surface area (Å²) in [6, 6.07) is 2.11. The standard InChI is InChI=1S/C21H28O4/c1-11(2)12-9-13-14-10-15-20(3,4)7-6-8-21(15,19(23)25-14)16(13)17(22)18(12)24-5/h9,11,14-15,22H,6-8,10H2,1-5H3. The van der Waals surface area contributed by atoms with Crippen LogP contribution in [0.15, 0.2) is 6.07 Å². The first kappa shape index (κ1) is 16.7. The zero-order chi connectivity index (χ0) is 18.1. The van der Waals surface area contributed by atoms with Crippen LogP contribution in [0.1, 0.15) is 82.1 Å². The molecule has 1 spiro atoms. The second kappa shape index (κ2) is 5.15. The maximum atomic E-state index is 13.1. The van der Waals surface area contributed by atoms with E-state index in [-0.39, 0.29) is 35.1 Å². The summed E-state index contributed by atoms with van der Waals surface area (Å²) in [6.45, 7) is 8.68. The molecule has 3 atom stereocenters. The molecule has 2 fully saturated rings. The van der Waals surface area contributed by atoms with Crippen LogP contribution in [0, 0.1) is 11.3 Å². The third-order valence-electron chi connectivity index (χ3n) is 6.93. The Morgan fingerprint density at radius 2 is 2.04 bits per heavy atom. The molecule has 4 aliphatic rings. The van der Waals surface area contributed by atoms with Crippen molar-refractivity contribution in [3.63, 3.8) is 0 Å². The number of aromatic hydroxyl groups is 1. The maximum absolute atomic E-state index is 13.1. The molecule has 2 heterocycles. The van der Waals surface area contributed by atoms with E-state index >= 15 is 0 Å². The number of carbonyl (C=O) groups excluding carboxylic acids is 1. The number of hydrogen-bond acceptors (Lipinski definition) is 4. The monoisotopic (exact) mass is 344 g/mol. The largest absolute Gasteiger partial charge is 0.504 e. The van der Waals surface area contributed by atoms with E-state index in [1.54, 1.807) is 7.11 Å². The van der Waals surface area contributed by atoms with Crippen molar-refractivity contribution >= 4 is 5.97 Å². The molecule has 136 valence electrons. The van der Waals surface area contributed by atoms with E-state index in [0.29, 0.717) is 5.75 Å². The van der Waals surface area contributed by atoms with Gasteiger partial charge >= 0.3 is 5.97 Å². The van der Waals surface area contributed by atoms with Crippen molar-refractivity contribution in [2.24, 2.45) is 11.3 Å². The summed E-state index contributed by atoms with van der Waals surface area (Å²) >= 11 is 0. The molecule has 3 unspecified atom stereocenters. The van der Waals surface area contributed by atoms with E-state index in [0.717, 1.165) is 42.4 Å². The number of phenolic OH excluding ortho intramolecular Hbond substituents is 1. The number of hydrogen-bond donors (Lipinski definition) is 1. The second-order valence-electron chi connectivity index (χ2n) is 8.96. The lowest BCUT2D eigenvalue weighted by Gasteiger charge is -2.58. The first-order valence-corrected chi connectivity index (χ1v) is 9.39. The van der Waals surface area contributed by atoms with Gasteiger partial charge in [0.05, 0.1) is 7.11 Å². The lowest BCUT2D eigenvalue weighted by molar-refractivity contribution is -0.185. The third-order valence-corrected chi connectivity index (χ3v) is 6.93. The maximum Gasteiger partial charge on any atom is 0.317 e. The topological polar surface area (TPSA) is 55.8 Å². The fourth-order valence-corrected chi connectivity index (χ4v) is 5.75. The summed E-state index contributed by atoms with van der Waals surface area (Å²) in [7, 11) is 1.59. The average molecular weight is 344 g/mol. The molecule has 1 saturated carbocycles. The van der Waals surface area contributed by atoms with Gasteiger partial charge in [-0.15, -0.1) is 0 Å². The van der Waals surface area contributed by atoms with Crippen molar-refractivity contribution in [2.45, 2.75) is 70.8 Å². The number of fused-ring (bicyclic) bond motifs is 1. The molecule has 1 N–H and O–H groups in total.